The highest BCUT2D eigenvalue weighted by atomic mass is 32.2. The molecule has 1 N–H and O–H groups in total. The first kappa shape index (κ1) is 14.3. The fraction of sp³-hybridized carbons (Fsp3) is 0.357. The van der Waals surface area contributed by atoms with Crippen LogP contribution in [0.1, 0.15) is 18.9 Å². The first-order valence-corrected chi connectivity index (χ1v) is 7.98. The summed E-state index contributed by atoms with van der Waals surface area (Å²) in [5, 5.41) is 10.7. The predicted octanol–water partition coefficient (Wildman–Crippen LogP) is 3.03. The summed E-state index contributed by atoms with van der Waals surface area (Å²) < 4.78 is 5.75. The average Bonchev–Trinajstić information content (AvgIpc) is 2.97. The molecule has 21 heavy (non-hydrogen) atoms. The van der Waals surface area contributed by atoms with Gasteiger partial charge in [-0.15, -0.1) is 11.3 Å². The van der Waals surface area contributed by atoms with Crippen molar-refractivity contribution in [3.63, 3.8) is 0 Å². The van der Waals surface area contributed by atoms with Gasteiger partial charge in [-0.05, 0) is 32.0 Å². The van der Waals surface area contributed by atoms with Crippen LogP contribution in [0.15, 0.2) is 23.2 Å². The Kier molecular flexibility index (Phi) is 3.41. The molecule has 1 aromatic heterocycles. The van der Waals surface area contributed by atoms with Gasteiger partial charge in [0.05, 0.1) is 17.3 Å². The van der Waals surface area contributed by atoms with E-state index in [4.69, 9.17) is 4.74 Å². The number of benzene rings is 1. The summed E-state index contributed by atoms with van der Waals surface area (Å²) in [6, 6.07) is 4.95. The SMILES string of the molecule is COc1ccc2nc(C3=N[C@@H](C(=O)O)C(C)(C)S3)sc2c1. The maximum atomic E-state index is 11.3. The number of carbonyl (C=O) groups is 1. The van der Waals surface area contributed by atoms with Crippen molar-refractivity contribution in [1.29, 1.82) is 0 Å². The Morgan fingerprint density at radius 2 is 2.19 bits per heavy atom. The molecule has 1 aromatic carbocycles. The van der Waals surface area contributed by atoms with E-state index < -0.39 is 16.8 Å². The summed E-state index contributed by atoms with van der Waals surface area (Å²) in [5.41, 5.74) is 0.871. The van der Waals surface area contributed by atoms with Gasteiger partial charge in [0.15, 0.2) is 6.04 Å². The van der Waals surface area contributed by atoms with E-state index in [9.17, 15) is 9.90 Å². The Balaban J connectivity index is 2.01. The molecule has 0 saturated heterocycles. The molecule has 1 aliphatic heterocycles. The van der Waals surface area contributed by atoms with E-state index in [1.807, 2.05) is 32.0 Å². The predicted molar refractivity (Wildman–Crippen MR) is 85.8 cm³/mol. The van der Waals surface area contributed by atoms with Gasteiger partial charge >= 0.3 is 5.97 Å². The van der Waals surface area contributed by atoms with Gasteiger partial charge in [0.25, 0.3) is 0 Å². The second-order valence-corrected chi connectivity index (χ2v) is 7.91. The highest BCUT2D eigenvalue weighted by molar-refractivity contribution is 8.16. The normalized spacial score (nSPS) is 20.5. The second-order valence-electron chi connectivity index (χ2n) is 5.23. The van der Waals surface area contributed by atoms with E-state index in [1.165, 1.54) is 23.1 Å². The maximum absolute atomic E-state index is 11.3. The average molecular weight is 322 g/mol. The van der Waals surface area contributed by atoms with Crippen LogP contribution >= 0.6 is 23.1 Å². The van der Waals surface area contributed by atoms with Crippen LogP contribution in [0.2, 0.25) is 0 Å². The lowest BCUT2D eigenvalue weighted by atomic mass is 10.0. The summed E-state index contributed by atoms with van der Waals surface area (Å²) in [4.78, 5) is 20.2. The number of thioether (sulfide) groups is 1. The van der Waals surface area contributed by atoms with Crippen molar-refractivity contribution in [3.8, 4) is 5.75 Å². The molecule has 0 fully saturated rings. The molecule has 2 aromatic rings. The number of nitrogens with zero attached hydrogens (tertiary/aromatic N) is 2. The number of hydrogen-bond acceptors (Lipinski definition) is 6. The van der Waals surface area contributed by atoms with Crippen LogP contribution in [0.4, 0.5) is 0 Å². The van der Waals surface area contributed by atoms with Crippen molar-refractivity contribution in [2.75, 3.05) is 7.11 Å². The Bertz CT molecular complexity index is 752. The van der Waals surface area contributed by atoms with E-state index in [-0.39, 0.29) is 0 Å². The summed E-state index contributed by atoms with van der Waals surface area (Å²) in [7, 11) is 1.62. The second kappa shape index (κ2) is 4.99. The van der Waals surface area contributed by atoms with Crippen molar-refractivity contribution < 1.29 is 14.6 Å². The van der Waals surface area contributed by atoms with Gasteiger partial charge in [0, 0.05) is 4.75 Å². The summed E-state index contributed by atoms with van der Waals surface area (Å²) in [6.07, 6.45) is 0. The largest absolute Gasteiger partial charge is 0.497 e. The minimum absolute atomic E-state index is 0.462. The molecule has 1 aliphatic rings. The summed E-state index contributed by atoms with van der Waals surface area (Å²) >= 11 is 2.97. The van der Waals surface area contributed by atoms with Crippen LogP contribution in [0.25, 0.3) is 10.2 Å². The molecular weight excluding hydrogens is 308 g/mol. The zero-order valence-corrected chi connectivity index (χ0v) is 13.4. The van der Waals surface area contributed by atoms with E-state index in [2.05, 4.69) is 9.98 Å². The number of thiazole rings is 1. The first-order chi connectivity index (χ1) is 9.90. The van der Waals surface area contributed by atoms with E-state index in [1.54, 1.807) is 7.11 Å². The van der Waals surface area contributed by atoms with Crippen LogP contribution < -0.4 is 4.74 Å². The third-order valence-electron chi connectivity index (χ3n) is 3.28. The maximum Gasteiger partial charge on any atom is 0.329 e. The summed E-state index contributed by atoms with van der Waals surface area (Å²) in [6.45, 7) is 3.78. The number of fused-ring (bicyclic) bond motifs is 1. The highest BCUT2D eigenvalue weighted by Crippen LogP contribution is 2.41. The Labute approximate surface area is 130 Å². The third kappa shape index (κ3) is 2.51. The lowest BCUT2D eigenvalue weighted by Gasteiger charge is -2.19. The number of ether oxygens (including phenoxy) is 1. The number of hydrogen-bond donors (Lipinski definition) is 1. The standard InChI is InChI=1S/C14H14N2O3S2/c1-14(2)10(13(17)18)16-12(21-14)11-15-8-5-4-7(19-3)6-9(8)20-11/h4-6,10H,1-3H3,(H,17,18)/t10-/m0/s1. The number of rotatable bonds is 3. The van der Waals surface area contributed by atoms with Crippen molar-refractivity contribution in [1.82, 2.24) is 4.98 Å². The van der Waals surface area contributed by atoms with Crippen LogP contribution in [-0.2, 0) is 4.79 Å². The molecule has 0 aliphatic carbocycles. The van der Waals surface area contributed by atoms with Crippen LogP contribution in [-0.4, -0.2) is 39.0 Å². The molecule has 0 amide bonds. The smallest absolute Gasteiger partial charge is 0.329 e. The number of methoxy groups -OCH3 is 1. The van der Waals surface area contributed by atoms with Gasteiger partial charge in [-0.1, -0.05) is 11.8 Å². The highest BCUT2D eigenvalue weighted by Gasteiger charge is 2.43. The number of aliphatic imine (C=N–C) groups is 1. The molecule has 5 nitrogen and oxygen atoms in total. The molecule has 0 bridgehead atoms. The van der Waals surface area contributed by atoms with Crippen LogP contribution in [0.3, 0.4) is 0 Å². The minimum atomic E-state index is -0.898. The molecular formula is C14H14N2O3S2. The zero-order chi connectivity index (χ0) is 15.2. The Morgan fingerprint density at radius 3 is 2.81 bits per heavy atom. The van der Waals surface area contributed by atoms with Crippen molar-refractivity contribution in [2.45, 2.75) is 24.6 Å². The number of aromatic nitrogens is 1. The number of carboxylic acids is 1. The molecule has 2 heterocycles. The molecule has 0 unspecified atom stereocenters. The van der Waals surface area contributed by atoms with Gasteiger partial charge in [-0.25, -0.2) is 9.78 Å². The van der Waals surface area contributed by atoms with Gasteiger partial charge in [0.2, 0.25) is 0 Å². The molecule has 0 spiro atoms. The van der Waals surface area contributed by atoms with Gasteiger partial charge in [-0.3, -0.25) is 4.99 Å². The lowest BCUT2D eigenvalue weighted by molar-refractivity contribution is -0.138. The molecule has 7 heteroatoms. The van der Waals surface area contributed by atoms with E-state index >= 15 is 0 Å². The van der Waals surface area contributed by atoms with E-state index in [0.29, 0.717) is 5.04 Å². The number of carboxylic acid groups (broad SMARTS) is 1. The lowest BCUT2D eigenvalue weighted by Crippen LogP contribution is -2.34. The van der Waals surface area contributed by atoms with Crippen molar-refractivity contribution in [2.24, 2.45) is 4.99 Å². The minimum Gasteiger partial charge on any atom is -0.497 e. The number of aliphatic carboxylic acids is 1. The summed E-state index contributed by atoms with van der Waals surface area (Å²) in [5.74, 6) is -0.118. The molecule has 3 rings (SSSR count). The monoisotopic (exact) mass is 322 g/mol. The van der Waals surface area contributed by atoms with Crippen LogP contribution in [0, 0.1) is 0 Å². The first-order valence-electron chi connectivity index (χ1n) is 6.35. The molecule has 110 valence electrons. The Hall–Kier alpha value is -1.60. The van der Waals surface area contributed by atoms with Gasteiger partial charge in [-0.2, -0.15) is 0 Å². The fourth-order valence-electron chi connectivity index (χ4n) is 2.18. The fourth-order valence-corrected chi connectivity index (χ4v) is 4.37. The van der Waals surface area contributed by atoms with Crippen molar-refractivity contribution >= 4 is 44.3 Å². The topological polar surface area (TPSA) is 71.8 Å². The van der Waals surface area contributed by atoms with Crippen molar-refractivity contribution in [3.05, 3.63) is 23.2 Å². The van der Waals surface area contributed by atoms with Gasteiger partial charge < -0.3 is 9.84 Å². The molecule has 0 radical (unpaired) electrons. The third-order valence-corrected chi connectivity index (χ3v) is 5.67. The Morgan fingerprint density at radius 1 is 1.43 bits per heavy atom. The molecule has 1 atom stereocenters. The van der Waals surface area contributed by atoms with Crippen LogP contribution in [0.5, 0.6) is 5.75 Å². The van der Waals surface area contributed by atoms with E-state index in [0.717, 1.165) is 21.0 Å². The van der Waals surface area contributed by atoms with Gasteiger partial charge in [0.1, 0.15) is 15.8 Å². The quantitative estimate of drug-likeness (QED) is 0.940. The molecule has 0 saturated carbocycles. The zero-order valence-electron chi connectivity index (χ0n) is 11.8.